The zero-order chi connectivity index (χ0) is 16.3. The number of carbonyl (C=O) groups excluding carboxylic acids is 2. The lowest BCUT2D eigenvalue weighted by Gasteiger charge is -2.34. The van der Waals surface area contributed by atoms with Crippen LogP contribution in [-0.2, 0) is 4.79 Å². The van der Waals surface area contributed by atoms with Crippen molar-refractivity contribution in [1.29, 1.82) is 0 Å². The minimum atomic E-state index is -0.122. The number of carbonyl (C=O) groups is 2. The van der Waals surface area contributed by atoms with E-state index in [-0.39, 0.29) is 23.8 Å². The average Bonchev–Trinajstić information content (AvgIpc) is 2.49. The summed E-state index contributed by atoms with van der Waals surface area (Å²) in [6.45, 7) is 7.84. The van der Waals surface area contributed by atoms with Gasteiger partial charge in [0.15, 0.2) is 0 Å². The van der Waals surface area contributed by atoms with Crippen molar-refractivity contribution in [3.05, 3.63) is 28.8 Å². The molecule has 1 heterocycles. The number of nitrogens with one attached hydrogen (secondary N) is 2. The summed E-state index contributed by atoms with van der Waals surface area (Å²) >= 11 is 6.18. The van der Waals surface area contributed by atoms with Gasteiger partial charge in [0.1, 0.15) is 0 Å². The highest BCUT2D eigenvalue weighted by Crippen LogP contribution is 2.23. The molecule has 1 atom stereocenters. The number of piperazine rings is 1. The normalized spacial score (nSPS) is 18.4. The van der Waals surface area contributed by atoms with E-state index in [2.05, 4.69) is 10.6 Å². The molecule has 22 heavy (non-hydrogen) atoms. The molecule has 120 valence electrons. The van der Waals surface area contributed by atoms with Crippen molar-refractivity contribution in [2.45, 2.75) is 26.8 Å². The van der Waals surface area contributed by atoms with Gasteiger partial charge < -0.3 is 15.5 Å². The van der Waals surface area contributed by atoms with E-state index in [1.807, 2.05) is 25.7 Å². The summed E-state index contributed by atoms with van der Waals surface area (Å²) in [5.74, 6) is -0.307. The second kappa shape index (κ2) is 7.11. The molecule has 2 amide bonds. The average molecular weight is 324 g/mol. The van der Waals surface area contributed by atoms with Gasteiger partial charge in [0.25, 0.3) is 5.91 Å². The van der Waals surface area contributed by atoms with E-state index in [9.17, 15) is 9.59 Å². The molecule has 1 aromatic carbocycles. The molecule has 5 nitrogen and oxygen atoms in total. The lowest BCUT2D eigenvalue weighted by Crippen LogP contribution is -2.52. The minimum absolute atomic E-state index is 0.0868. The second-order valence-electron chi connectivity index (χ2n) is 5.89. The number of benzene rings is 1. The maximum absolute atomic E-state index is 12.7. The molecule has 0 aromatic heterocycles. The maximum atomic E-state index is 12.7. The van der Waals surface area contributed by atoms with Crippen LogP contribution in [0.2, 0.25) is 5.02 Å². The highest BCUT2D eigenvalue weighted by atomic mass is 35.5. The molecule has 1 saturated heterocycles. The molecule has 6 heteroatoms. The summed E-state index contributed by atoms with van der Waals surface area (Å²) in [7, 11) is 0. The largest absolute Gasteiger partial charge is 0.333 e. The summed E-state index contributed by atoms with van der Waals surface area (Å²) < 4.78 is 0. The number of anilines is 1. The van der Waals surface area contributed by atoms with Gasteiger partial charge in [-0.15, -0.1) is 0 Å². The first-order valence-electron chi connectivity index (χ1n) is 7.52. The van der Waals surface area contributed by atoms with Gasteiger partial charge in [-0.25, -0.2) is 0 Å². The fourth-order valence-corrected chi connectivity index (χ4v) is 2.55. The zero-order valence-electron chi connectivity index (χ0n) is 13.1. The molecule has 0 radical (unpaired) electrons. The number of hydrogen-bond donors (Lipinski definition) is 2. The van der Waals surface area contributed by atoms with Gasteiger partial charge in [0.05, 0.1) is 10.6 Å². The van der Waals surface area contributed by atoms with Gasteiger partial charge in [-0.05, 0) is 25.1 Å². The SMILES string of the molecule is CC(C)C(=O)Nc1ccc(Cl)c(C(=O)N2CCNCC2C)c1. The Morgan fingerprint density at radius 1 is 1.41 bits per heavy atom. The van der Waals surface area contributed by atoms with E-state index >= 15 is 0 Å². The van der Waals surface area contributed by atoms with Gasteiger partial charge >= 0.3 is 0 Å². The van der Waals surface area contributed by atoms with E-state index in [1.54, 1.807) is 18.2 Å². The van der Waals surface area contributed by atoms with Crippen molar-refractivity contribution in [3.63, 3.8) is 0 Å². The first kappa shape index (κ1) is 16.8. The molecule has 0 saturated carbocycles. The maximum Gasteiger partial charge on any atom is 0.255 e. The smallest absolute Gasteiger partial charge is 0.255 e. The van der Waals surface area contributed by atoms with E-state index in [4.69, 9.17) is 11.6 Å². The standard InChI is InChI=1S/C16H22ClN3O2/c1-10(2)15(21)19-12-4-5-14(17)13(8-12)16(22)20-7-6-18-9-11(20)3/h4-5,8,10-11,18H,6-7,9H2,1-3H3,(H,19,21). The molecule has 0 bridgehead atoms. The summed E-state index contributed by atoms with van der Waals surface area (Å²) in [5, 5.41) is 6.45. The van der Waals surface area contributed by atoms with Crippen molar-refractivity contribution < 1.29 is 9.59 Å². The third-order valence-electron chi connectivity index (χ3n) is 3.75. The van der Waals surface area contributed by atoms with Gasteiger partial charge in [-0.2, -0.15) is 0 Å². The summed E-state index contributed by atoms with van der Waals surface area (Å²) in [6, 6.07) is 5.13. The van der Waals surface area contributed by atoms with E-state index in [0.717, 1.165) is 13.1 Å². The molecule has 0 spiro atoms. The summed E-state index contributed by atoms with van der Waals surface area (Å²) in [5.41, 5.74) is 1.02. The highest BCUT2D eigenvalue weighted by molar-refractivity contribution is 6.34. The lowest BCUT2D eigenvalue weighted by molar-refractivity contribution is -0.118. The van der Waals surface area contributed by atoms with E-state index in [1.165, 1.54) is 0 Å². The van der Waals surface area contributed by atoms with Crippen LogP contribution < -0.4 is 10.6 Å². The number of hydrogen-bond acceptors (Lipinski definition) is 3. The van der Waals surface area contributed by atoms with Crippen molar-refractivity contribution in [2.75, 3.05) is 25.0 Å². The fourth-order valence-electron chi connectivity index (χ4n) is 2.35. The predicted molar refractivity (Wildman–Crippen MR) is 88.3 cm³/mol. The van der Waals surface area contributed by atoms with Crippen LogP contribution in [0, 0.1) is 5.92 Å². The van der Waals surface area contributed by atoms with Crippen LogP contribution in [0.5, 0.6) is 0 Å². The molecule has 0 aliphatic carbocycles. The van der Waals surface area contributed by atoms with Crippen molar-refractivity contribution in [1.82, 2.24) is 10.2 Å². The Morgan fingerprint density at radius 2 is 2.14 bits per heavy atom. The van der Waals surface area contributed by atoms with Crippen LogP contribution in [0.1, 0.15) is 31.1 Å². The molecular formula is C16H22ClN3O2. The first-order chi connectivity index (χ1) is 10.4. The topological polar surface area (TPSA) is 61.4 Å². The quantitative estimate of drug-likeness (QED) is 0.897. The second-order valence-corrected chi connectivity index (χ2v) is 6.30. The van der Waals surface area contributed by atoms with Crippen molar-refractivity contribution in [3.8, 4) is 0 Å². The Balaban J connectivity index is 2.22. The monoisotopic (exact) mass is 323 g/mol. The van der Waals surface area contributed by atoms with Gasteiger partial charge in [0, 0.05) is 37.3 Å². The number of amides is 2. The molecule has 2 rings (SSSR count). The van der Waals surface area contributed by atoms with Gasteiger partial charge in [-0.3, -0.25) is 9.59 Å². The Morgan fingerprint density at radius 3 is 2.77 bits per heavy atom. The van der Waals surface area contributed by atoms with Crippen LogP contribution in [0.4, 0.5) is 5.69 Å². The van der Waals surface area contributed by atoms with Crippen LogP contribution in [0.15, 0.2) is 18.2 Å². The molecular weight excluding hydrogens is 302 g/mol. The Bertz CT molecular complexity index is 575. The van der Waals surface area contributed by atoms with Gasteiger partial charge in [0.2, 0.25) is 5.91 Å². The lowest BCUT2D eigenvalue weighted by atomic mass is 10.1. The number of halogens is 1. The zero-order valence-corrected chi connectivity index (χ0v) is 13.9. The van der Waals surface area contributed by atoms with E-state index < -0.39 is 0 Å². The highest BCUT2D eigenvalue weighted by Gasteiger charge is 2.25. The number of nitrogens with zero attached hydrogens (tertiary/aromatic N) is 1. The van der Waals surface area contributed by atoms with Crippen molar-refractivity contribution in [2.24, 2.45) is 5.92 Å². The van der Waals surface area contributed by atoms with Crippen LogP contribution >= 0.6 is 11.6 Å². The third kappa shape index (κ3) is 3.78. The summed E-state index contributed by atoms with van der Waals surface area (Å²) in [6.07, 6.45) is 0. The van der Waals surface area contributed by atoms with Crippen molar-refractivity contribution >= 4 is 29.1 Å². The van der Waals surface area contributed by atoms with Crippen LogP contribution in [-0.4, -0.2) is 42.4 Å². The van der Waals surface area contributed by atoms with E-state index in [0.29, 0.717) is 22.8 Å². The molecule has 1 fully saturated rings. The van der Waals surface area contributed by atoms with Crippen LogP contribution in [0.3, 0.4) is 0 Å². The Hall–Kier alpha value is -1.59. The third-order valence-corrected chi connectivity index (χ3v) is 4.08. The summed E-state index contributed by atoms with van der Waals surface area (Å²) in [4.78, 5) is 26.3. The molecule has 1 aromatic rings. The Labute approximate surface area is 136 Å². The fraction of sp³-hybridized carbons (Fsp3) is 0.500. The first-order valence-corrected chi connectivity index (χ1v) is 7.90. The Kier molecular flexibility index (Phi) is 5.42. The number of rotatable bonds is 3. The molecule has 1 aliphatic rings. The molecule has 1 unspecified atom stereocenters. The minimum Gasteiger partial charge on any atom is -0.333 e. The molecule has 1 aliphatic heterocycles. The van der Waals surface area contributed by atoms with Crippen LogP contribution in [0.25, 0.3) is 0 Å². The van der Waals surface area contributed by atoms with Gasteiger partial charge in [-0.1, -0.05) is 25.4 Å². The predicted octanol–water partition coefficient (Wildman–Crippen LogP) is 2.37. The molecule has 2 N–H and O–H groups in total.